The molecule has 0 aliphatic carbocycles. The minimum Gasteiger partial charge on any atom is -0.278 e. The van der Waals surface area contributed by atoms with Crippen LogP contribution in [-0.4, -0.2) is 8.42 Å². The van der Waals surface area contributed by atoms with Crippen molar-refractivity contribution < 1.29 is 8.42 Å². The Morgan fingerprint density at radius 2 is 1.76 bits per heavy atom. The highest BCUT2D eigenvalue weighted by molar-refractivity contribution is 7.99. The number of aryl methyl sites for hydroxylation is 1. The summed E-state index contributed by atoms with van der Waals surface area (Å²) in [6, 6.07) is 15.4. The highest BCUT2D eigenvalue weighted by Crippen LogP contribution is 2.38. The Morgan fingerprint density at radius 1 is 1.07 bits per heavy atom. The summed E-state index contributed by atoms with van der Waals surface area (Å²) in [4.78, 5) is 3.08. The van der Waals surface area contributed by atoms with Crippen molar-refractivity contribution in [3.63, 3.8) is 0 Å². The van der Waals surface area contributed by atoms with Gasteiger partial charge in [0.05, 0.1) is 5.69 Å². The van der Waals surface area contributed by atoms with Gasteiger partial charge in [0.25, 0.3) is 10.0 Å². The van der Waals surface area contributed by atoms with Gasteiger partial charge < -0.3 is 0 Å². The Balaban J connectivity index is 2.08. The molecule has 1 N–H and O–H groups in total. The normalized spacial score (nSPS) is 11.2. The third kappa shape index (κ3) is 4.66. The molecule has 1 aromatic heterocycles. The molecule has 3 nitrogen and oxygen atoms in total. The van der Waals surface area contributed by atoms with E-state index in [9.17, 15) is 8.42 Å². The summed E-state index contributed by atoms with van der Waals surface area (Å²) in [6.07, 6.45) is 4.23. The molecule has 2 aromatic carbocycles. The van der Waals surface area contributed by atoms with Crippen LogP contribution in [-0.2, 0) is 16.4 Å². The maximum Gasteiger partial charge on any atom is 0.271 e. The third-order valence-corrected chi connectivity index (χ3v) is 8.74. The lowest BCUT2D eigenvalue weighted by atomic mass is 10.00. The molecule has 29 heavy (non-hydrogen) atoms. The van der Waals surface area contributed by atoms with Crippen molar-refractivity contribution in [2.45, 2.75) is 34.3 Å². The van der Waals surface area contributed by atoms with E-state index in [1.807, 2.05) is 56.3 Å². The Hall–Kier alpha value is -2.28. The first-order valence-electron chi connectivity index (χ1n) is 9.16. The second-order valence-corrected chi connectivity index (χ2v) is 10.6. The second kappa shape index (κ2) is 9.03. The summed E-state index contributed by atoms with van der Waals surface area (Å²) in [6.45, 7) is 11.8. The molecule has 0 atom stereocenters. The first kappa shape index (κ1) is 21.4. The fraction of sp³-hybridized carbons (Fsp3) is 0.130. The van der Waals surface area contributed by atoms with Gasteiger partial charge in [0.15, 0.2) is 0 Å². The molecule has 0 radical (unpaired) electrons. The summed E-state index contributed by atoms with van der Waals surface area (Å²) < 4.78 is 29.0. The van der Waals surface area contributed by atoms with Crippen molar-refractivity contribution in [3.8, 4) is 0 Å². The summed E-state index contributed by atoms with van der Waals surface area (Å²) in [7, 11) is -3.69. The highest BCUT2D eigenvalue weighted by Gasteiger charge is 2.21. The number of hydrogen-bond acceptors (Lipinski definition) is 4. The van der Waals surface area contributed by atoms with Crippen LogP contribution in [0.25, 0.3) is 12.2 Å². The molecule has 0 unspecified atom stereocenters. The van der Waals surface area contributed by atoms with Crippen LogP contribution in [0.15, 0.2) is 75.7 Å². The van der Waals surface area contributed by atoms with Crippen LogP contribution < -0.4 is 4.72 Å². The van der Waals surface area contributed by atoms with E-state index in [0.29, 0.717) is 9.90 Å². The molecule has 0 spiro atoms. The zero-order chi connectivity index (χ0) is 21.0. The van der Waals surface area contributed by atoms with Crippen molar-refractivity contribution in [3.05, 3.63) is 83.3 Å². The van der Waals surface area contributed by atoms with Gasteiger partial charge in [-0.15, -0.1) is 11.3 Å². The lowest BCUT2D eigenvalue weighted by Gasteiger charge is -2.18. The van der Waals surface area contributed by atoms with Crippen molar-refractivity contribution in [2.75, 3.05) is 4.72 Å². The SMILES string of the molecule is C=Cc1c(NS(=O)(=O)c2ccc(CC)s2)cc(Sc2ccccc2)c(C)c1C=C. The zero-order valence-electron chi connectivity index (χ0n) is 16.4. The van der Waals surface area contributed by atoms with E-state index in [1.165, 1.54) is 11.3 Å². The monoisotopic (exact) mass is 441 g/mol. The Morgan fingerprint density at radius 3 is 2.34 bits per heavy atom. The Labute approximate surface area is 181 Å². The molecule has 0 aliphatic rings. The topological polar surface area (TPSA) is 46.2 Å². The molecule has 0 saturated carbocycles. The van der Waals surface area contributed by atoms with E-state index in [-0.39, 0.29) is 0 Å². The van der Waals surface area contributed by atoms with Crippen molar-refractivity contribution in [1.29, 1.82) is 0 Å². The van der Waals surface area contributed by atoms with Gasteiger partial charge in [-0.1, -0.05) is 62.2 Å². The van der Waals surface area contributed by atoms with E-state index in [4.69, 9.17) is 0 Å². The Kier molecular flexibility index (Phi) is 6.67. The van der Waals surface area contributed by atoms with Crippen LogP contribution in [0.5, 0.6) is 0 Å². The lowest BCUT2D eigenvalue weighted by molar-refractivity contribution is 0.603. The summed E-state index contributed by atoms with van der Waals surface area (Å²) >= 11 is 2.88. The van der Waals surface area contributed by atoms with E-state index in [2.05, 4.69) is 17.9 Å². The molecule has 1 heterocycles. The first-order valence-corrected chi connectivity index (χ1v) is 12.3. The number of anilines is 1. The maximum atomic E-state index is 13.0. The molecular weight excluding hydrogens is 418 g/mol. The molecule has 0 bridgehead atoms. The molecule has 0 saturated heterocycles. The van der Waals surface area contributed by atoms with E-state index < -0.39 is 10.0 Å². The molecule has 6 heteroatoms. The summed E-state index contributed by atoms with van der Waals surface area (Å²) in [5.41, 5.74) is 3.14. The van der Waals surface area contributed by atoms with Crippen molar-refractivity contribution >= 4 is 51.0 Å². The maximum absolute atomic E-state index is 13.0. The molecule has 3 aromatic rings. The summed E-state index contributed by atoms with van der Waals surface area (Å²) in [5, 5.41) is 0. The van der Waals surface area contributed by atoms with Gasteiger partial charge in [0, 0.05) is 20.2 Å². The minimum absolute atomic E-state index is 0.308. The highest BCUT2D eigenvalue weighted by atomic mass is 32.2. The van der Waals surface area contributed by atoms with Crippen LogP contribution in [0.2, 0.25) is 0 Å². The molecule has 3 rings (SSSR count). The summed E-state index contributed by atoms with van der Waals surface area (Å²) in [5.74, 6) is 0. The minimum atomic E-state index is -3.69. The number of sulfonamides is 1. The Bertz CT molecular complexity index is 1150. The number of benzene rings is 2. The van der Waals surface area contributed by atoms with Gasteiger partial charge in [-0.3, -0.25) is 4.72 Å². The van der Waals surface area contributed by atoms with E-state index >= 15 is 0 Å². The van der Waals surface area contributed by atoms with Crippen LogP contribution in [0.1, 0.15) is 28.5 Å². The number of nitrogens with one attached hydrogen (secondary N) is 1. The number of hydrogen-bond donors (Lipinski definition) is 1. The van der Waals surface area contributed by atoms with Crippen LogP contribution in [0.4, 0.5) is 5.69 Å². The molecule has 0 amide bonds. The predicted molar refractivity (Wildman–Crippen MR) is 126 cm³/mol. The lowest BCUT2D eigenvalue weighted by Crippen LogP contribution is -2.13. The van der Waals surface area contributed by atoms with Gasteiger partial charge in [0.1, 0.15) is 4.21 Å². The molecular formula is C23H23NO2S3. The average molecular weight is 442 g/mol. The van der Waals surface area contributed by atoms with Crippen LogP contribution >= 0.6 is 23.1 Å². The standard InChI is InChI=1S/C23H23NO2S3/c1-5-17-13-14-23(28-17)29(25,26)24-21-15-22(27-18-11-9-8-10-12-18)16(4)19(6-2)20(21)7-3/h6-15,24H,2-3,5H2,1,4H3. The molecule has 0 fully saturated rings. The van der Waals surface area contributed by atoms with Gasteiger partial charge in [0.2, 0.25) is 0 Å². The zero-order valence-corrected chi connectivity index (χ0v) is 18.9. The fourth-order valence-corrected chi connectivity index (χ4v) is 6.33. The fourth-order valence-electron chi connectivity index (χ4n) is 2.97. The van der Waals surface area contributed by atoms with Crippen LogP contribution in [0, 0.1) is 6.92 Å². The van der Waals surface area contributed by atoms with E-state index in [1.54, 1.807) is 30.0 Å². The first-order chi connectivity index (χ1) is 13.9. The predicted octanol–water partition coefficient (Wildman–Crippen LogP) is 6.86. The smallest absolute Gasteiger partial charge is 0.271 e. The number of thiophene rings is 1. The van der Waals surface area contributed by atoms with Gasteiger partial charge >= 0.3 is 0 Å². The van der Waals surface area contributed by atoms with E-state index in [0.717, 1.165) is 37.8 Å². The van der Waals surface area contributed by atoms with Gasteiger partial charge in [-0.05, 0) is 54.8 Å². The average Bonchev–Trinajstić information content (AvgIpc) is 3.21. The second-order valence-electron chi connectivity index (χ2n) is 6.38. The van der Waals surface area contributed by atoms with Crippen molar-refractivity contribution in [1.82, 2.24) is 0 Å². The molecule has 150 valence electrons. The number of rotatable bonds is 8. The molecule has 0 aliphatic heterocycles. The van der Waals surface area contributed by atoms with Crippen molar-refractivity contribution in [2.24, 2.45) is 0 Å². The largest absolute Gasteiger partial charge is 0.278 e. The van der Waals surface area contributed by atoms with Gasteiger partial charge in [-0.25, -0.2) is 8.42 Å². The quantitative estimate of drug-likeness (QED) is 0.415. The third-order valence-electron chi connectivity index (χ3n) is 4.50. The van der Waals surface area contributed by atoms with Crippen LogP contribution in [0.3, 0.4) is 0 Å². The van der Waals surface area contributed by atoms with Gasteiger partial charge in [-0.2, -0.15) is 0 Å².